The third kappa shape index (κ3) is 3.07. The predicted octanol–water partition coefficient (Wildman–Crippen LogP) is 3.16. The highest BCUT2D eigenvalue weighted by Gasteiger charge is 2.40. The Bertz CT molecular complexity index is 870. The van der Waals surface area contributed by atoms with Gasteiger partial charge in [0, 0.05) is 18.2 Å². The summed E-state index contributed by atoms with van der Waals surface area (Å²) < 4.78 is 33.0. The maximum absolute atomic E-state index is 13.1. The lowest BCUT2D eigenvalue weighted by Crippen LogP contribution is -2.33. The molecule has 1 saturated carbocycles. The number of rotatable bonds is 6. The van der Waals surface area contributed by atoms with Crippen LogP contribution in [0.1, 0.15) is 29.7 Å². The molecule has 0 radical (unpaired) electrons. The van der Waals surface area contributed by atoms with E-state index in [4.69, 9.17) is 4.42 Å². The van der Waals surface area contributed by atoms with Gasteiger partial charge in [-0.2, -0.15) is 4.31 Å². The second-order valence-corrected chi connectivity index (χ2v) is 7.86. The van der Waals surface area contributed by atoms with Crippen molar-refractivity contribution in [1.82, 2.24) is 4.31 Å². The van der Waals surface area contributed by atoms with E-state index in [9.17, 15) is 18.5 Å². The normalized spacial score (nSPS) is 15.0. The fraction of sp³-hybridized carbons (Fsp3) is 0.375. The Balaban J connectivity index is 2.06. The number of non-ortho nitro benzene ring substituents is 1. The molecule has 0 spiro atoms. The molecule has 7 nitrogen and oxygen atoms in total. The molecule has 24 heavy (non-hydrogen) atoms. The van der Waals surface area contributed by atoms with Gasteiger partial charge >= 0.3 is 0 Å². The molecule has 0 aliphatic heterocycles. The molecule has 128 valence electrons. The first kappa shape index (κ1) is 16.7. The van der Waals surface area contributed by atoms with Gasteiger partial charge in [-0.05, 0) is 49.9 Å². The van der Waals surface area contributed by atoms with Gasteiger partial charge in [0.15, 0.2) is 0 Å². The second kappa shape index (κ2) is 6.03. The van der Waals surface area contributed by atoms with Gasteiger partial charge in [0.1, 0.15) is 5.76 Å². The lowest BCUT2D eigenvalue weighted by molar-refractivity contribution is -0.385. The smallest absolute Gasteiger partial charge is 0.271 e. The van der Waals surface area contributed by atoms with Crippen LogP contribution in [-0.2, 0) is 16.6 Å². The standard InChI is InChI=1S/C16H18N2O5S/c1-11-8-14(18(19)20)9-16(12(11)2)24(21,22)17(13-5-6-13)10-15-4-3-7-23-15/h3-4,7-9,13H,5-6,10H2,1-2H3. The van der Waals surface area contributed by atoms with Crippen molar-refractivity contribution < 1.29 is 17.8 Å². The Morgan fingerprint density at radius 1 is 1.33 bits per heavy atom. The Morgan fingerprint density at radius 3 is 2.58 bits per heavy atom. The summed E-state index contributed by atoms with van der Waals surface area (Å²) >= 11 is 0. The minimum Gasteiger partial charge on any atom is -0.468 e. The first-order valence-electron chi connectivity index (χ1n) is 7.60. The van der Waals surface area contributed by atoms with Crippen LogP contribution in [0.4, 0.5) is 5.69 Å². The highest BCUT2D eigenvalue weighted by Crippen LogP contribution is 2.36. The van der Waals surface area contributed by atoms with Gasteiger partial charge < -0.3 is 4.42 Å². The lowest BCUT2D eigenvalue weighted by atomic mass is 10.1. The summed E-state index contributed by atoms with van der Waals surface area (Å²) in [5, 5.41) is 11.1. The molecule has 0 bridgehead atoms. The Labute approximate surface area is 140 Å². The molecular formula is C16H18N2O5S. The number of nitro benzene ring substituents is 1. The summed E-state index contributed by atoms with van der Waals surface area (Å²) in [6, 6.07) is 5.88. The van der Waals surface area contributed by atoms with Crippen LogP contribution in [0.15, 0.2) is 39.8 Å². The molecule has 0 atom stereocenters. The summed E-state index contributed by atoms with van der Waals surface area (Å²) in [6.07, 6.45) is 3.07. The summed E-state index contributed by atoms with van der Waals surface area (Å²) in [5.74, 6) is 0.547. The lowest BCUT2D eigenvalue weighted by Gasteiger charge is -2.22. The minimum atomic E-state index is -3.85. The number of sulfonamides is 1. The van der Waals surface area contributed by atoms with Crippen molar-refractivity contribution >= 4 is 15.7 Å². The van der Waals surface area contributed by atoms with Crippen LogP contribution in [0, 0.1) is 24.0 Å². The van der Waals surface area contributed by atoms with Gasteiger partial charge in [0.2, 0.25) is 10.0 Å². The van der Waals surface area contributed by atoms with Gasteiger partial charge in [-0.15, -0.1) is 0 Å². The van der Waals surface area contributed by atoms with E-state index in [1.54, 1.807) is 26.0 Å². The number of benzene rings is 1. The maximum atomic E-state index is 13.1. The van der Waals surface area contributed by atoms with Crippen molar-refractivity contribution in [2.24, 2.45) is 0 Å². The van der Waals surface area contributed by atoms with Crippen LogP contribution in [0.3, 0.4) is 0 Å². The van der Waals surface area contributed by atoms with E-state index in [1.165, 1.54) is 16.6 Å². The van der Waals surface area contributed by atoms with Crippen LogP contribution in [0.25, 0.3) is 0 Å². The highest BCUT2D eigenvalue weighted by molar-refractivity contribution is 7.89. The Morgan fingerprint density at radius 2 is 2.04 bits per heavy atom. The molecule has 1 aliphatic rings. The summed E-state index contributed by atoms with van der Waals surface area (Å²) in [4.78, 5) is 10.5. The fourth-order valence-corrected chi connectivity index (χ4v) is 4.61. The van der Waals surface area contributed by atoms with Gasteiger partial charge in [0.05, 0.1) is 22.6 Å². The van der Waals surface area contributed by atoms with Gasteiger partial charge in [-0.25, -0.2) is 8.42 Å². The number of aryl methyl sites for hydroxylation is 1. The second-order valence-electron chi connectivity index (χ2n) is 6.00. The van der Waals surface area contributed by atoms with Crippen molar-refractivity contribution in [1.29, 1.82) is 0 Å². The largest absolute Gasteiger partial charge is 0.468 e. The van der Waals surface area contributed by atoms with Crippen molar-refractivity contribution in [3.8, 4) is 0 Å². The molecule has 1 aromatic carbocycles. The zero-order chi connectivity index (χ0) is 17.5. The SMILES string of the molecule is Cc1cc([N+](=O)[O-])cc(S(=O)(=O)N(Cc2ccco2)C2CC2)c1C. The molecule has 0 saturated heterocycles. The van der Waals surface area contributed by atoms with E-state index in [0.717, 1.165) is 18.9 Å². The summed E-state index contributed by atoms with van der Waals surface area (Å²) in [6.45, 7) is 3.47. The zero-order valence-electron chi connectivity index (χ0n) is 13.4. The average Bonchev–Trinajstić information content (AvgIpc) is 3.22. The molecule has 0 amide bonds. The number of nitrogens with zero attached hydrogens (tertiary/aromatic N) is 2. The summed E-state index contributed by atoms with van der Waals surface area (Å²) in [7, 11) is -3.85. The van der Waals surface area contributed by atoms with Crippen LogP contribution < -0.4 is 0 Å². The number of hydrogen-bond acceptors (Lipinski definition) is 5. The van der Waals surface area contributed by atoms with Crippen molar-refractivity contribution in [3.63, 3.8) is 0 Å². The molecule has 3 rings (SSSR count). The van der Waals surface area contributed by atoms with E-state index >= 15 is 0 Å². The number of hydrogen-bond donors (Lipinski definition) is 0. The van der Waals surface area contributed by atoms with Gasteiger partial charge in [-0.1, -0.05) is 0 Å². The predicted molar refractivity (Wildman–Crippen MR) is 87.0 cm³/mol. The van der Waals surface area contributed by atoms with E-state index in [1.807, 2.05) is 0 Å². The molecule has 0 N–H and O–H groups in total. The molecule has 1 fully saturated rings. The van der Waals surface area contributed by atoms with Gasteiger partial charge in [0.25, 0.3) is 5.69 Å². The van der Waals surface area contributed by atoms with Crippen LogP contribution in [-0.4, -0.2) is 23.7 Å². The van der Waals surface area contributed by atoms with Crippen molar-refractivity contribution in [2.45, 2.75) is 44.2 Å². The van der Waals surface area contributed by atoms with E-state index in [-0.39, 0.29) is 23.2 Å². The molecule has 2 aromatic rings. The van der Waals surface area contributed by atoms with Crippen LogP contribution in [0.2, 0.25) is 0 Å². The Kier molecular flexibility index (Phi) is 4.18. The molecule has 8 heteroatoms. The molecule has 1 heterocycles. The summed E-state index contributed by atoms with van der Waals surface area (Å²) in [5.41, 5.74) is 0.896. The molecule has 0 unspecified atom stereocenters. The van der Waals surface area contributed by atoms with Crippen LogP contribution >= 0.6 is 0 Å². The van der Waals surface area contributed by atoms with Crippen molar-refractivity contribution in [2.75, 3.05) is 0 Å². The number of furan rings is 1. The number of nitro groups is 1. The van der Waals surface area contributed by atoms with E-state index < -0.39 is 14.9 Å². The fourth-order valence-electron chi connectivity index (χ4n) is 2.64. The van der Waals surface area contributed by atoms with E-state index in [2.05, 4.69) is 0 Å². The maximum Gasteiger partial charge on any atom is 0.271 e. The highest BCUT2D eigenvalue weighted by atomic mass is 32.2. The zero-order valence-corrected chi connectivity index (χ0v) is 14.2. The van der Waals surface area contributed by atoms with Crippen molar-refractivity contribution in [3.05, 3.63) is 57.5 Å². The van der Waals surface area contributed by atoms with Gasteiger partial charge in [-0.3, -0.25) is 10.1 Å². The molecule has 1 aromatic heterocycles. The third-order valence-electron chi connectivity index (χ3n) is 4.25. The first-order chi connectivity index (χ1) is 11.3. The van der Waals surface area contributed by atoms with E-state index in [0.29, 0.717) is 16.9 Å². The first-order valence-corrected chi connectivity index (χ1v) is 9.04. The Hall–Kier alpha value is -2.19. The minimum absolute atomic E-state index is 0.00680. The topological polar surface area (TPSA) is 93.7 Å². The molecular weight excluding hydrogens is 332 g/mol. The third-order valence-corrected chi connectivity index (χ3v) is 6.27. The average molecular weight is 350 g/mol. The molecule has 1 aliphatic carbocycles. The van der Waals surface area contributed by atoms with Crippen LogP contribution in [0.5, 0.6) is 0 Å². The monoisotopic (exact) mass is 350 g/mol. The quantitative estimate of drug-likeness (QED) is 0.589.